The number of nitrogens with zero attached hydrogens (tertiary/aromatic N) is 1. The molecule has 2 aliphatic carbocycles. The lowest BCUT2D eigenvalue weighted by Crippen LogP contribution is -2.48. The maximum absolute atomic E-state index is 14.1. The van der Waals surface area contributed by atoms with Crippen LogP contribution in [0.15, 0.2) is 18.2 Å². The van der Waals surface area contributed by atoms with Crippen molar-refractivity contribution in [3.8, 4) is 0 Å². The quantitative estimate of drug-likeness (QED) is 0.312. The van der Waals surface area contributed by atoms with Gasteiger partial charge < -0.3 is 14.6 Å². The third-order valence-electron chi connectivity index (χ3n) is 10.1. The van der Waals surface area contributed by atoms with Gasteiger partial charge in [-0.05, 0) is 80.4 Å². The fourth-order valence-corrected chi connectivity index (χ4v) is 8.07. The van der Waals surface area contributed by atoms with Gasteiger partial charge in [0.15, 0.2) is 5.78 Å². The van der Waals surface area contributed by atoms with E-state index in [1.165, 1.54) is 19.3 Å². The largest absolute Gasteiger partial charge is 0.461 e. The number of hydrogen-bond acceptors (Lipinski definition) is 4. The number of Topliss-reactive ketones (excluding diaryl/α,β-unsaturated/α-hetero) is 1. The van der Waals surface area contributed by atoms with Crippen molar-refractivity contribution < 1.29 is 23.5 Å². The molecule has 224 valence electrons. The monoisotopic (exact) mass is 586 g/mol. The van der Waals surface area contributed by atoms with E-state index in [4.69, 9.17) is 16.3 Å². The number of rotatable bonds is 9. The standard InChI is InChI=1S/C33H44ClFN2O4/c1-3-41-33(40)30-29(34)26-17-21(9-14-27(26)36-30)18-28(38)31-25(23-7-5-4-6-8-23)15-16-37(31)32(39)24-12-10-22(11-13-24)20(2)19-35/h9,14,17,20,22-25,31,36H,3-8,10-13,15-16,18-19H2,1-2H3/t20-,22?,24?,25+,31+/m1/s1. The maximum Gasteiger partial charge on any atom is 0.356 e. The number of H-pyrrole nitrogens is 1. The van der Waals surface area contributed by atoms with E-state index in [1.807, 2.05) is 30.0 Å². The Morgan fingerprint density at radius 1 is 1.07 bits per heavy atom. The second-order valence-electron chi connectivity index (χ2n) is 12.6. The fraction of sp³-hybridized carbons (Fsp3) is 0.667. The number of ketones is 1. The van der Waals surface area contributed by atoms with E-state index in [-0.39, 0.29) is 54.8 Å². The Kier molecular flexibility index (Phi) is 9.73. The molecule has 1 amide bonds. The minimum absolute atomic E-state index is 0.0436. The van der Waals surface area contributed by atoms with Gasteiger partial charge in [-0.25, -0.2) is 4.79 Å². The number of carbonyl (C=O) groups is 3. The number of hydrogen-bond donors (Lipinski definition) is 1. The number of likely N-dealkylation sites (tertiary alicyclic amines) is 1. The summed E-state index contributed by atoms with van der Waals surface area (Å²) in [6.07, 6.45) is 10.3. The van der Waals surface area contributed by atoms with Crippen LogP contribution in [0.25, 0.3) is 10.9 Å². The number of fused-ring (bicyclic) bond motifs is 1. The zero-order valence-electron chi connectivity index (χ0n) is 24.4. The van der Waals surface area contributed by atoms with Crippen LogP contribution in [0.4, 0.5) is 4.39 Å². The number of ether oxygens (including phenoxy) is 1. The van der Waals surface area contributed by atoms with Crippen LogP contribution >= 0.6 is 11.6 Å². The van der Waals surface area contributed by atoms with Gasteiger partial charge in [-0.1, -0.05) is 56.7 Å². The van der Waals surface area contributed by atoms with Crippen molar-refractivity contribution in [1.29, 1.82) is 0 Å². The van der Waals surface area contributed by atoms with Crippen molar-refractivity contribution in [1.82, 2.24) is 9.88 Å². The summed E-state index contributed by atoms with van der Waals surface area (Å²) >= 11 is 6.55. The zero-order valence-corrected chi connectivity index (χ0v) is 25.2. The Bertz CT molecular complexity index is 1250. The highest BCUT2D eigenvalue weighted by atomic mass is 35.5. The molecule has 2 heterocycles. The molecule has 1 N–H and O–H groups in total. The van der Waals surface area contributed by atoms with Crippen molar-refractivity contribution in [3.05, 3.63) is 34.5 Å². The van der Waals surface area contributed by atoms with Crippen LogP contribution in [-0.2, 0) is 20.7 Å². The van der Waals surface area contributed by atoms with Gasteiger partial charge in [-0.3, -0.25) is 14.0 Å². The molecule has 3 atom stereocenters. The molecule has 0 unspecified atom stereocenters. The average Bonchev–Trinajstić information content (AvgIpc) is 3.59. The lowest BCUT2D eigenvalue weighted by Gasteiger charge is -2.37. The van der Waals surface area contributed by atoms with E-state index in [0.29, 0.717) is 34.3 Å². The normalized spacial score (nSPS) is 26.3. The summed E-state index contributed by atoms with van der Waals surface area (Å²) in [5.74, 6) is 0.690. The SMILES string of the molecule is CCOC(=O)c1[nH]c2ccc(CC(=O)[C@@H]3[C@H](C4CCCCC4)CCN3C(=O)C3CCC([C@H](C)CF)CC3)cc2c1Cl. The molecule has 5 rings (SSSR count). The van der Waals surface area contributed by atoms with Crippen LogP contribution in [0.2, 0.25) is 5.02 Å². The molecular weight excluding hydrogens is 543 g/mol. The molecule has 0 spiro atoms. The predicted molar refractivity (Wildman–Crippen MR) is 159 cm³/mol. The third kappa shape index (κ3) is 6.35. The van der Waals surface area contributed by atoms with Crippen molar-refractivity contribution in [2.75, 3.05) is 19.8 Å². The van der Waals surface area contributed by atoms with Crippen LogP contribution in [0, 0.1) is 29.6 Å². The number of esters is 1. The molecule has 2 aromatic rings. The zero-order chi connectivity index (χ0) is 29.1. The second kappa shape index (κ2) is 13.3. The third-order valence-corrected chi connectivity index (χ3v) is 10.5. The fourth-order valence-electron chi connectivity index (χ4n) is 7.79. The van der Waals surface area contributed by atoms with Gasteiger partial charge in [0.05, 0.1) is 24.3 Å². The van der Waals surface area contributed by atoms with E-state index in [2.05, 4.69) is 4.98 Å². The lowest BCUT2D eigenvalue weighted by atomic mass is 9.74. The summed E-state index contributed by atoms with van der Waals surface area (Å²) in [6.45, 7) is 4.30. The Balaban J connectivity index is 1.35. The van der Waals surface area contributed by atoms with Crippen LogP contribution in [0.1, 0.15) is 94.1 Å². The van der Waals surface area contributed by atoms with Gasteiger partial charge in [-0.2, -0.15) is 0 Å². The topological polar surface area (TPSA) is 79.5 Å². The molecule has 6 nitrogen and oxygen atoms in total. The molecule has 8 heteroatoms. The number of amides is 1. The maximum atomic E-state index is 14.1. The van der Waals surface area contributed by atoms with Gasteiger partial charge in [0.1, 0.15) is 5.69 Å². The first kappa shape index (κ1) is 30.1. The Morgan fingerprint density at radius 3 is 2.49 bits per heavy atom. The van der Waals surface area contributed by atoms with E-state index >= 15 is 0 Å². The molecule has 1 aliphatic heterocycles. The summed E-state index contributed by atoms with van der Waals surface area (Å²) in [7, 11) is 0. The molecule has 2 saturated carbocycles. The molecule has 1 saturated heterocycles. The highest BCUT2D eigenvalue weighted by Crippen LogP contribution is 2.42. The van der Waals surface area contributed by atoms with Crippen LogP contribution < -0.4 is 0 Å². The van der Waals surface area contributed by atoms with Crippen LogP contribution in [0.5, 0.6) is 0 Å². The summed E-state index contributed by atoms with van der Waals surface area (Å²) in [4.78, 5) is 45.3. The smallest absolute Gasteiger partial charge is 0.356 e. The Hall–Kier alpha value is -2.41. The molecule has 1 aromatic heterocycles. The van der Waals surface area contributed by atoms with Gasteiger partial charge in [0.25, 0.3) is 0 Å². The second-order valence-corrected chi connectivity index (χ2v) is 13.0. The number of halogens is 2. The number of nitrogens with one attached hydrogen (secondary N) is 1. The van der Waals surface area contributed by atoms with Gasteiger partial charge in [0, 0.05) is 29.8 Å². The summed E-state index contributed by atoms with van der Waals surface area (Å²) in [6, 6.07) is 5.21. The summed E-state index contributed by atoms with van der Waals surface area (Å²) in [5.41, 5.74) is 1.75. The molecule has 0 bridgehead atoms. The first-order valence-corrected chi connectivity index (χ1v) is 16.1. The Morgan fingerprint density at radius 2 is 1.80 bits per heavy atom. The van der Waals surface area contributed by atoms with Gasteiger partial charge >= 0.3 is 5.97 Å². The number of aromatic amines is 1. The molecule has 3 aliphatic rings. The van der Waals surface area contributed by atoms with E-state index in [0.717, 1.165) is 50.5 Å². The van der Waals surface area contributed by atoms with E-state index in [9.17, 15) is 18.8 Å². The Labute approximate surface area is 247 Å². The average molecular weight is 587 g/mol. The van der Waals surface area contributed by atoms with Gasteiger partial charge in [0.2, 0.25) is 5.91 Å². The van der Waals surface area contributed by atoms with Crippen molar-refractivity contribution in [2.24, 2.45) is 29.6 Å². The lowest BCUT2D eigenvalue weighted by molar-refractivity contribution is -0.143. The molecule has 3 fully saturated rings. The van der Waals surface area contributed by atoms with Crippen molar-refractivity contribution in [2.45, 2.75) is 90.5 Å². The number of alkyl halides is 1. The first-order valence-electron chi connectivity index (χ1n) is 15.7. The highest BCUT2D eigenvalue weighted by Gasteiger charge is 2.46. The van der Waals surface area contributed by atoms with Crippen molar-refractivity contribution in [3.63, 3.8) is 0 Å². The minimum Gasteiger partial charge on any atom is -0.461 e. The van der Waals surface area contributed by atoms with Gasteiger partial charge in [-0.15, -0.1) is 0 Å². The number of carbonyl (C=O) groups excluding carboxylic acids is 3. The molecule has 1 aromatic carbocycles. The minimum atomic E-state index is -0.505. The van der Waals surface area contributed by atoms with Crippen LogP contribution in [0.3, 0.4) is 0 Å². The molecular formula is C33H44ClFN2O4. The summed E-state index contributed by atoms with van der Waals surface area (Å²) in [5, 5.41) is 0.977. The first-order chi connectivity index (χ1) is 19.8. The molecule has 41 heavy (non-hydrogen) atoms. The van der Waals surface area contributed by atoms with E-state index in [1.54, 1.807) is 6.92 Å². The summed E-state index contributed by atoms with van der Waals surface area (Å²) < 4.78 is 18.4. The van der Waals surface area contributed by atoms with E-state index < -0.39 is 12.0 Å². The van der Waals surface area contributed by atoms with Crippen molar-refractivity contribution >= 4 is 40.2 Å². The highest BCUT2D eigenvalue weighted by molar-refractivity contribution is 6.38. The van der Waals surface area contributed by atoms with Crippen LogP contribution in [-0.4, -0.2) is 53.4 Å². The molecule has 0 radical (unpaired) electrons. The number of benzene rings is 1. The number of aromatic nitrogens is 1. The predicted octanol–water partition coefficient (Wildman–Crippen LogP) is 7.32.